The number of anilines is 1. The van der Waals surface area contributed by atoms with Gasteiger partial charge in [0.15, 0.2) is 9.84 Å². The summed E-state index contributed by atoms with van der Waals surface area (Å²) in [6.07, 6.45) is 1.79. The number of nitrogens with zero attached hydrogens (tertiary/aromatic N) is 3. The smallest absolute Gasteiger partial charge is 0.270 e. The van der Waals surface area contributed by atoms with Gasteiger partial charge in [-0.3, -0.25) is 4.79 Å². The fourth-order valence-corrected chi connectivity index (χ4v) is 4.46. The number of carbonyl (C=O) groups excluding carboxylic acids is 1. The first-order valence-electron chi connectivity index (χ1n) is 8.01. The topological polar surface area (TPSA) is 92.3 Å². The highest BCUT2D eigenvalue weighted by Crippen LogP contribution is 2.15. The third-order valence-electron chi connectivity index (χ3n) is 4.11. The van der Waals surface area contributed by atoms with Gasteiger partial charge in [0.2, 0.25) is 0 Å². The van der Waals surface area contributed by atoms with Gasteiger partial charge in [-0.1, -0.05) is 30.3 Å². The van der Waals surface area contributed by atoms with Gasteiger partial charge >= 0.3 is 0 Å². The Morgan fingerprint density at radius 3 is 2.72 bits per heavy atom. The zero-order chi connectivity index (χ0) is 17.9. The Balaban J connectivity index is 1.67. The molecule has 1 N–H and O–H groups in total. The lowest BCUT2D eigenvalue weighted by Crippen LogP contribution is -2.36. The number of hydrogen-bond donors (Lipinski definition) is 1. The van der Waals surface area contributed by atoms with Crippen LogP contribution in [-0.2, 0) is 16.4 Å². The molecule has 1 saturated heterocycles. The lowest BCUT2D eigenvalue weighted by molar-refractivity contribution is 0.0936. The molecule has 8 heteroatoms. The first-order valence-corrected chi connectivity index (χ1v) is 9.83. The van der Waals surface area contributed by atoms with E-state index in [0.29, 0.717) is 18.8 Å². The molecule has 0 spiro atoms. The third-order valence-corrected chi connectivity index (χ3v) is 5.87. The molecule has 132 valence electrons. The van der Waals surface area contributed by atoms with Gasteiger partial charge in [0.1, 0.15) is 17.8 Å². The quantitative estimate of drug-likeness (QED) is 0.856. The van der Waals surface area contributed by atoms with Gasteiger partial charge in [-0.2, -0.15) is 0 Å². The zero-order valence-electron chi connectivity index (χ0n) is 13.9. The van der Waals surface area contributed by atoms with E-state index in [-0.39, 0.29) is 29.1 Å². The molecule has 0 bridgehead atoms. The molecule has 1 amide bonds. The van der Waals surface area contributed by atoms with Crippen molar-refractivity contribution < 1.29 is 13.2 Å². The van der Waals surface area contributed by atoms with Crippen LogP contribution >= 0.6 is 0 Å². The van der Waals surface area contributed by atoms with Crippen LogP contribution in [0.3, 0.4) is 0 Å². The molecule has 1 aliphatic rings. The molecule has 1 aromatic carbocycles. The van der Waals surface area contributed by atoms with Crippen molar-refractivity contribution in [2.75, 3.05) is 23.5 Å². The second kappa shape index (κ2) is 7.18. The molecule has 3 rings (SSSR count). The fraction of sp³-hybridized carbons (Fsp3) is 0.353. The van der Waals surface area contributed by atoms with Crippen LogP contribution in [0.15, 0.2) is 42.7 Å². The van der Waals surface area contributed by atoms with Gasteiger partial charge < -0.3 is 10.2 Å². The number of nitrogens with one attached hydrogen (secondary N) is 1. The summed E-state index contributed by atoms with van der Waals surface area (Å²) in [7, 11) is -1.15. The molecular weight excluding hydrogens is 340 g/mol. The van der Waals surface area contributed by atoms with Crippen molar-refractivity contribution in [2.24, 2.45) is 0 Å². The van der Waals surface area contributed by atoms with E-state index in [9.17, 15) is 13.2 Å². The van der Waals surface area contributed by atoms with Crippen LogP contribution in [0.2, 0.25) is 0 Å². The van der Waals surface area contributed by atoms with E-state index < -0.39 is 9.84 Å². The molecular formula is C17H20N4O3S. The van der Waals surface area contributed by atoms with E-state index in [1.165, 1.54) is 6.33 Å². The standard InChI is InChI=1S/C17H20N4O3S/c1-21(10-13-5-3-2-4-6-13)16-9-15(18-12-19-16)17(22)20-14-7-8-25(23,24)11-14/h2-6,9,12,14H,7-8,10-11H2,1H3,(H,20,22). The molecule has 0 radical (unpaired) electrons. The van der Waals surface area contributed by atoms with E-state index in [1.807, 2.05) is 42.3 Å². The predicted molar refractivity (Wildman–Crippen MR) is 95.1 cm³/mol. The van der Waals surface area contributed by atoms with Crippen LogP contribution in [0.4, 0.5) is 5.82 Å². The Hall–Kier alpha value is -2.48. The number of hydrogen-bond acceptors (Lipinski definition) is 6. The average Bonchev–Trinajstić information content (AvgIpc) is 2.94. The minimum atomic E-state index is -3.04. The minimum Gasteiger partial charge on any atom is -0.355 e. The van der Waals surface area contributed by atoms with Crippen molar-refractivity contribution in [3.05, 3.63) is 54.0 Å². The third kappa shape index (κ3) is 4.54. The molecule has 25 heavy (non-hydrogen) atoms. The van der Waals surface area contributed by atoms with E-state index in [4.69, 9.17) is 0 Å². The van der Waals surface area contributed by atoms with Crippen LogP contribution in [-0.4, -0.2) is 48.9 Å². The second-order valence-corrected chi connectivity index (χ2v) is 8.41. The maximum Gasteiger partial charge on any atom is 0.270 e. The monoisotopic (exact) mass is 360 g/mol. The molecule has 1 aliphatic heterocycles. The Morgan fingerprint density at radius 1 is 1.28 bits per heavy atom. The predicted octanol–water partition coefficient (Wildman–Crippen LogP) is 1.03. The summed E-state index contributed by atoms with van der Waals surface area (Å²) < 4.78 is 23.0. The first kappa shape index (κ1) is 17.3. The number of sulfone groups is 1. The highest BCUT2D eigenvalue weighted by atomic mass is 32.2. The molecule has 0 aliphatic carbocycles. The summed E-state index contributed by atoms with van der Waals surface area (Å²) >= 11 is 0. The van der Waals surface area contributed by atoms with E-state index >= 15 is 0 Å². The number of carbonyl (C=O) groups is 1. The Kier molecular flexibility index (Phi) is 4.98. The minimum absolute atomic E-state index is 0.00933. The molecule has 1 fully saturated rings. The zero-order valence-corrected chi connectivity index (χ0v) is 14.7. The summed E-state index contributed by atoms with van der Waals surface area (Å²) in [5, 5.41) is 2.74. The van der Waals surface area contributed by atoms with Gasteiger partial charge in [0.25, 0.3) is 5.91 Å². The van der Waals surface area contributed by atoms with E-state index in [0.717, 1.165) is 5.56 Å². The highest BCUT2D eigenvalue weighted by molar-refractivity contribution is 7.91. The number of amides is 1. The van der Waals surface area contributed by atoms with Gasteiger partial charge in [0, 0.05) is 25.7 Å². The summed E-state index contributed by atoms with van der Waals surface area (Å²) in [5.74, 6) is 0.360. The highest BCUT2D eigenvalue weighted by Gasteiger charge is 2.29. The maximum atomic E-state index is 12.3. The summed E-state index contributed by atoms with van der Waals surface area (Å²) in [5.41, 5.74) is 1.36. The molecule has 0 saturated carbocycles. The van der Waals surface area contributed by atoms with Crippen LogP contribution in [0, 0.1) is 0 Å². The van der Waals surface area contributed by atoms with Gasteiger partial charge in [0.05, 0.1) is 11.5 Å². The normalized spacial score (nSPS) is 18.7. The van der Waals surface area contributed by atoms with Gasteiger partial charge in [-0.15, -0.1) is 0 Å². The van der Waals surface area contributed by atoms with Crippen molar-refractivity contribution in [3.8, 4) is 0 Å². The van der Waals surface area contributed by atoms with Crippen molar-refractivity contribution in [1.29, 1.82) is 0 Å². The van der Waals surface area contributed by atoms with E-state index in [2.05, 4.69) is 15.3 Å². The Morgan fingerprint density at radius 2 is 2.04 bits per heavy atom. The number of rotatable bonds is 5. The van der Waals surface area contributed by atoms with Crippen LogP contribution < -0.4 is 10.2 Å². The Labute approximate surface area is 147 Å². The Bertz CT molecular complexity index is 855. The van der Waals surface area contributed by atoms with E-state index in [1.54, 1.807) is 6.07 Å². The van der Waals surface area contributed by atoms with Crippen molar-refractivity contribution in [2.45, 2.75) is 19.0 Å². The van der Waals surface area contributed by atoms with Gasteiger partial charge in [-0.25, -0.2) is 18.4 Å². The molecule has 7 nitrogen and oxygen atoms in total. The molecule has 2 heterocycles. The fourth-order valence-electron chi connectivity index (χ4n) is 2.79. The first-order chi connectivity index (χ1) is 11.9. The molecule has 1 aromatic heterocycles. The van der Waals surface area contributed by atoms with Crippen molar-refractivity contribution in [3.63, 3.8) is 0 Å². The van der Waals surface area contributed by atoms with Gasteiger partial charge in [-0.05, 0) is 12.0 Å². The average molecular weight is 360 g/mol. The van der Waals surface area contributed by atoms with Crippen LogP contribution in [0.25, 0.3) is 0 Å². The summed E-state index contributed by atoms with van der Waals surface area (Å²) in [4.78, 5) is 22.5. The van der Waals surface area contributed by atoms with Crippen molar-refractivity contribution in [1.82, 2.24) is 15.3 Å². The lowest BCUT2D eigenvalue weighted by Gasteiger charge is -2.18. The lowest BCUT2D eigenvalue weighted by atomic mass is 10.2. The SMILES string of the molecule is CN(Cc1ccccc1)c1cc(C(=O)NC2CCS(=O)(=O)C2)ncn1. The summed E-state index contributed by atoms with van der Waals surface area (Å²) in [6.45, 7) is 0.653. The second-order valence-electron chi connectivity index (χ2n) is 6.18. The van der Waals surface area contributed by atoms with Crippen LogP contribution in [0.1, 0.15) is 22.5 Å². The van der Waals surface area contributed by atoms with Crippen molar-refractivity contribution >= 4 is 21.6 Å². The number of aromatic nitrogens is 2. The largest absolute Gasteiger partial charge is 0.355 e. The maximum absolute atomic E-state index is 12.3. The molecule has 1 unspecified atom stereocenters. The number of benzene rings is 1. The summed E-state index contributed by atoms with van der Waals surface area (Å²) in [6, 6.07) is 11.2. The molecule has 2 aromatic rings. The van der Waals surface area contributed by atoms with Crippen LogP contribution in [0.5, 0.6) is 0 Å². The molecule has 1 atom stereocenters.